The normalized spacial score (nSPS) is 17.6. The van der Waals surface area contributed by atoms with Crippen molar-refractivity contribution in [2.24, 2.45) is 0 Å². The third kappa shape index (κ3) is 4.02. The number of hydrogen-bond donors (Lipinski definition) is 0. The first kappa shape index (κ1) is 19.9. The molecule has 0 fully saturated rings. The zero-order valence-electron chi connectivity index (χ0n) is 16.2. The number of benzene rings is 2. The summed E-state index contributed by atoms with van der Waals surface area (Å²) in [5, 5.41) is 0. The number of nitrogens with zero attached hydrogens (tertiary/aromatic N) is 2. The van der Waals surface area contributed by atoms with E-state index in [4.69, 9.17) is 0 Å². The Morgan fingerprint density at radius 2 is 1.73 bits per heavy atom. The second-order valence-electron chi connectivity index (χ2n) is 7.19. The summed E-state index contributed by atoms with van der Waals surface area (Å²) in [6.45, 7) is 9.79. The number of allylic oxidation sites excluding steroid dienone is 1. The van der Waals surface area contributed by atoms with Crippen LogP contribution in [0.5, 0.6) is 0 Å². The molecule has 128 valence electrons. The fourth-order valence-corrected chi connectivity index (χ4v) is 4.10. The maximum absolute atomic E-state index is 2.34. The Bertz CT molecular complexity index is 830. The number of hydrogen-bond acceptors (Lipinski definition) is 2. The summed E-state index contributed by atoms with van der Waals surface area (Å²) in [4.78, 5) is 4.55. The number of anilines is 1. The fourth-order valence-electron chi connectivity index (χ4n) is 4.10. The van der Waals surface area contributed by atoms with Gasteiger partial charge in [0.15, 0.2) is 0 Å². The van der Waals surface area contributed by atoms with Gasteiger partial charge in [-0.3, -0.25) is 0 Å². The molecule has 0 aromatic heterocycles. The van der Waals surface area contributed by atoms with E-state index in [-0.39, 0.29) is 51.4 Å². The predicted molar refractivity (Wildman–Crippen MR) is 106 cm³/mol. The topological polar surface area (TPSA) is 6.48 Å². The number of fused-ring (bicyclic) bond motifs is 1. The van der Waals surface area contributed by atoms with Gasteiger partial charge in [0.05, 0.1) is 0 Å². The Morgan fingerprint density at radius 3 is 2.50 bits per heavy atom. The zero-order chi connectivity index (χ0) is 17.4. The molecule has 0 saturated carbocycles. The van der Waals surface area contributed by atoms with E-state index in [9.17, 15) is 0 Å². The van der Waals surface area contributed by atoms with Crippen molar-refractivity contribution in [3.63, 3.8) is 0 Å². The van der Waals surface area contributed by atoms with E-state index in [0.717, 1.165) is 13.0 Å². The van der Waals surface area contributed by atoms with Crippen LogP contribution >= 0.6 is 0 Å². The largest absolute Gasteiger partial charge is 1.00 e. The molecule has 0 spiro atoms. The van der Waals surface area contributed by atoms with Gasteiger partial charge in [-0.15, -0.1) is 0 Å². The molecule has 0 N–H and O–H groups in total. The first-order valence-corrected chi connectivity index (χ1v) is 9.04. The van der Waals surface area contributed by atoms with Crippen LogP contribution in [0.4, 0.5) is 5.69 Å². The molecular formula is C23H25KN2. The van der Waals surface area contributed by atoms with Gasteiger partial charge in [-0.05, 0) is 68.4 Å². The van der Waals surface area contributed by atoms with Crippen LogP contribution in [0.3, 0.4) is 0 Å². The van der Waals surface area contributed by atoms with E-state index in [1.54, 1.807) is 0 Å². The molecule has 2 aromatic rings. The van der Waals surface area contributed by atoms with Crippen molar-refractivity contribution < 1.29 is 51.4 Å². The average Bonchev–Trinajstić information content (AvgIpc) is 3.19. The minimum absolute atomic E-state index is 0. The smallest absolute Gasteiger partial charge is 0.508 e. The van der Waals surface area contributed by atoms with Gasteiger partial charge in [-0.25, -0.2) is 0 Å². The van der Waals surface area contributed by atoms with Gasteiger partial charge in [0.2, 0.25) is 0 Å². The van der Waals surface area contributed by atoms with Crippen LogP contribution in [0.1, 0.15) is 40.2 Å². The van der Waals surface area contributed by atoms with Crippen molar-refractivity contribution in [2.75, 3.05) is 11.4 Å². The maximum atomic E-state index is 2.34. The Balaban J connectivity index is 0.00000196. The summed E-state index contributed by atoms with van der Waals surface area (Å²) >= 11 is 0. The van der Waals surface area contributed by atoms with Crippen LogP contribution < -0.4 is 56.3 Å². The predicted octanol–water partition coefficient (Wildman–Crippen LogP) is 2.53. The van der Waals surface area contributed by atoms with E-state index in [1.165, 1.54) is 33.5 Å². The molecular weight excluding hydrogens is 343 g/mol. The molecule has 2 aromatic carbocycles. The Kier molecular flexibility index (Phi) is 6.47. The second kappa shape index (κ2) is 8.45. The molecule has 0 saturated heterocycles. The van der Waals surface area contributed by atoms with Gasteiger partial charge >= 0.3 is 51.4 Å². The van der Waals surface area contributed by atoms with Crippen LogP contribution in [-0.2, 0) is 0 Å². The van der Waals surface area contributed by atoms with E-state index in [2.05, 4.69) is 98.2 Å². The van der Waals surface area contributed by atoms with Crippen molar-refractivity contribution in [1.29, 1.82) is 0 Å². The van der Waals surface area contributed by atoms with Crippen LogP contribution in [0.15, 0.2) is 54.9 Å². The molecule has 3 heteroatoms. The van der Waals surface area contributed by atoms with Crippen LogP contribution in [-0.4, -0.2) is 11.4 Å². The van der Waals surface area contributed by atoms with Crippen molar-refractivity contribution in [3.05, 3.63) is 89.4 Å². The van der Waals surface area contributed by atoms with Crippen molar-refractivity contribution in [3.8, 4) is 0 Å². The summed E-state index contributed by atoms with van der Waals surface area (Å²) in [5.74, 6) is 0.537. The fraction of sp³-hybridized carbons (Fsp3) is 0.261. The quantitative estimate of drug-likeness (QED) is 0.604. The minimum atomic E-state index is 0. The molecule has 0 amide bonds. The summed E-state index contributed by atoms with van der Waals surface area (Å²) in [6, 6.07) is 13.2. The van der Waals surface area contributed by atoms with Crippen LogP contribution in [0.25, 0.3) is 6.08 Å². The van der Waals surface area contributed by atoms with Gasteiger partial charge in [0.25, 0.3) is 0 Å². The number of rotatable bonds is 4. The van der Waals surface area contributed by atoms with Gasteiger partial charge < -0.3 is 9.80 Å². The number of aryl methyl sites for hydroxylation is 3. The van der Waals surface area contributed by atoms with Crippen molar-refractivity contribution in [1.82, 2.24) is 4.90 Å². The van der Waals surface area contributed by atoms with Gasteiger partial charge in [0.1, 0.15) is 0 Å². The summed E-state index contributed by atoms with van der Waals surface area (Å²) in [7, 11) is 0. The first-order chi connectivity index (χ1) is 12.1. The van der Waals surface area contributed by atoms with E-state index < -0.39 is 0 Å². The minimum Gasteiger partial charge on any atom is -0.508 e. The molecule has 0 bridgehead atoms. The van der Waals surface area contributed by atoms with Gasteiger partial charge in [-0.2, -0.15) is 6.67 Å². The first-order valence-electron chi connectivity index (χ1n) is 9.04. The Morgan fingerprint density at radius 1 is 1.00 bits per heavy atom. The maximum Gasteiger partial charge on any atom is 1.00 e. The molecule has 2 nitrogen and oxygen atoms in total. The van der Waals surface area contributed by atoms with Gasteiger partial charge in [0, 0.05) is 11.6 Å². The zero-order valence-corrected chi connectivity index (χ0v) is 19.4. The molecule has 0 radical (unpaired) electrons. The molecule has 26 heavy (non-hydrogen) atoms. The second-order valence-corrected chi connectivity index (χ2v) is 7.19. The summed E-state index contributed by atoms with van der Waals surface area (Å²) < 4.78 is 0. The van der Waals surface area contributed by atoms with Crippen molar-refractivity contribution in [2.45, 2.75) is 33.1 Å². The average molecular weight is 369 g/mol. The SMILES string of the molecule is Cc1cc(C)c(N2C=CN(CCC3C=Cc4ccccc43)[CH-]2)c(C)c1.[K+]. The monoisotopic (exact) mass is 368 g/mol. The Hall–Kier alpha value is -0.844. The molecule has 2 aliphatic rings. The molecule has 1 atom stereocenters. The molecule has 4 rings (SSSR count). The van der Waals surface area contributed by atoms with E-state index in [0.29, 0.717) is 5.92 Å². The third-order valence-corrected chi connectivity index (χ3v) is 5.19. The van der Waals surface area contributed by atoms with E-state index in [1.807, 2.05) is 0 Å². The molecule has 1 aliphatic heterocycles. The van der Waals surface area contributed by atoms with Crippen molar-refractivity contribution >= 4 is 11.8 Å². The molecule has 1 heterocycles. The third-order valence-electron chi connectivity index (χ3n) is 5.19. The Labute approximate surface area is 200 Å². The van der Waals surface area contributed by atoms with Crippen LogP contribution in [0.2, 0.25) is 0 Å². The molecule has 1 aliphatic carbocycles. The van der Waals surface area contributed by atoms with Crippen LogP contribution in [0, 0.1) is 27.4 Å². The van der Waals surface area contributed by atoms with Gasteiger partial charge in [-0.1, -0.05) is 54.1 Å². The summed E-state index contributed by atoms with van der Waals surface area (Å²) in [6.07, 6.45) is 10.1. The van der Waals surface area contributed by atoms with E-state index >= 15 is 0 Å². The molecule has 1 unspecified atom stereocenters. The summed E-state index contributed by atoms with van der Waals surface area (Å²) in [5.41, 5.74) is 8.12. The standard InChI is InChI=1S/C23H25N2.K/c1-17-14-18(2)23(19(3)15-17)25-13-12-24(16-25)11-10-21-9-8-20-6-4-5-7-22(20)21;/h4-9,12-16,21H,10-11H2,1-3H3;/q-1;+1.